The van der Waals surface area contributed by atoms with Gasteiger partial charge in [-0.1, -0.05) is 31.2 Å². The lowest BCUT2D eigenvalue weighted by molar-refractivity contribution is 0.520. The largest absolute Gasteiger partial charge is 0.310 e. The Morgan fingerprint density at radius 2 is 1.76 bits per heavy atom. The molecular formula is C19H26N2. The first-order chi connectivity index (χ1) is 10.1. The summed E-state index contributed by atoms with van der Waals surface area (Å²) >= 11 is 0. The zero-order valence-electron chi connectivity index (χ0n) is 13.6. The van der Waals surface area contributed by atoms with Crippen LogP contribution in [0.15, 0.2) is 36.5 Å². The van der Waals surface area contributed by atoms with Crippen molar-refractivity contribution in [2.24, 2.45) is 0 Å². The molecule has 112 valence electrons. The van der Waals surface area contributed by atoms with Crippen LogP contribution in [0.3, 0.4) is 0 Å². The number of aromatic nitrogens is 1. The van der Waals surface area contributed by atoms with E-state index in [0.29, 0.717) is 6.04 Å². The fourth-order valence-corrected chi connectivity index (χ4v) is 2.80. The van der Waals surface area contributed by atoms with Gasteiger partial charge in [0.1, 0.15) is 0 Å². The van der Waals surface area contributed by atoms with Crippen LogP contribution in [0, 0.1) is 20.8 Å². The van der Waals surface area contributed by atoms with Gasteiger partial charge in [0.05, 0.1) is 0 Å². The van der Waals surface area contributed by atoms with Gasteiger partial charge in [-0.15, -0.1) is 0 Å². The topological polar surface area (TPSA) is 24.9 Å². The number of hydrogen-bond acceptors (Lipinski definition) is 2. The first-order valence-electron chi connectivity index (χ1n) is 7.82. The molecular weight excluding hydrogens is 256 g/mol. The van der Waals surface area contributed by atoms with E-state index in [1.54, 1.807) is 0 Å². The maximum absolute atomic E-state index is 4.57. The fourth-order valence-electron chi connectivity index (χ4n) is 2.80. The van der Waals surface area contributed by atoms with Gasteiger partial charge in [-0.3, -0.25) is 4.98 Å². The Hall–Kier alpha value is -1.67. The van der Waals surface area contributed by atoms with Gasteiger partial charge in [-0.25, -0.2) is 0 Å². The molecule has 0 radical (unpaired) electrons. The molecule has 0 bridgehead atoms. The van der Waals surface area contributed by atoms with E-state index in [2.05, 4.69) is 68.3 Å². The van der Waals surface area contributed by atoms with E-state index in [1.807, 2.05) is 6.20 Å². The molecule has 1 heterocycles. The predicted molar refractivity (Wildman–Crippen MR) is 89.6 cm³/mol. The van der Waals surface area contributed by atoms with Crippen LogP contribution in [-0.4, -0.2) is 11.5 Å². The summed E-state index contributed by atoms with van der Waals surface area (Å²) in [4.78, 5) is 4.57. The van der Waals surface area contributed by atoms with E-state index in [1.165, 1.54) is 22.3 Å². The molecule has 0 spiro atoms. The Morgan fingerprint density at radius 1 is 1.05 bits per heavy atom. The van der Waals surface area contributed by atoms with Gasteiger partial charge in [0, 0.05) is 24.4 Å². The average Bonchev–Trinajstić information content (AvgIpc) is 2.46. The van der Waals surface area contributed by atoms with E-state index in [0.717, 1.165) is 25.1 Å². The minimum absolute atomic E-state index is 0.335. The molecule has 0 aliphatic heterocycles. The van der Waals surface area contributed by atoms with Crippen molar-refractivity contribution in [1.82, 2.24) is 10.3 Å². The summed E-state index contributed by atoms with van der Waals surface area (Å²) in [5, 5.41) is 3.69. The molecule has 1 atom stereocenters. The molecule has 1 N–H and O–H groups in total. The van der Waals surface area contributed by atoms with E-state index in [4.69, 9.17) is 0 Å². The quantitative estimate of drug-likeness (QED) is 0.855. The Kier molecular flexibility index (Phi) is 5.51. The van der Waals surface area contributed by atoms with E-state index >= 15 is 0 Å². The van der Waals surface area contributed by atoms with Gasteiger partial charge in [0.25, 0.3) is 0 Å². The van der Waals surface area contributed by atoms with Crippen molar-refractivity contribution in [1.29, 1.82) is 0 Å². The summed E-state index contributed by atoms with van der Waals surface area (Å²) in [6.45, 7) is 9.72. The molecule has 1 aromatic carbocycles. The van der Waals surface area contributed by atoms with Crippen LogP contribution < -0.4 is 5.32 Å². The molecule has 2 heteroatoms. The number of nitrogens with zero attached hydrogens (tertiary/aromatic N) is 1. The predicted octanol–water partition coefficient (Wildman–Crippen LogP) is 4.29. The second-order valence-electron chi connectivity index (χ2n) is 5.84. The van der Waals surface area contributed by atoms with Crippen LogP contribution in [0.5, 0.6) is 0 Å². The van der Waals surface area contributed by atoms with Gasteiger partial charge in [-0.05, 0) is 62.1 Å². The number of rotatable bonds is 6. The Labute approximate surface area is 128 Å². The monoisotopic (exact) mass is 282 g/mol. The van der Waals surface area contributed by atoms with E-state index in [9.17, 15) is 0 Å². The van der Waals surface area contributed by atoms with Crippen molar-refractivity contribution in [3.05, 3.63) is 64.5 Å². The zero-order valence-corrected chi connectivity index (χ0v) is 13.6. The molecule has 21 heavy (non-hydrogen) atoms. The molecule has 0 aliphatic rings. The maximum Gasteiger partial charge on any atom is 0.0422 e. The molecule has 0 saturated carbocycles. The van der Waals surface area contributed by atoms with Crippen molar-refractivity contribution in [2.75, 3.05) is 6.54 Å². The van der Waals surface area contributed by atoms with Crippen molar-refractivity contribution in [3.8, 4) is 0 Å². The van der Waals surface area contributed by atoms with Crippen molar-refractivity contribution < 1.29 is 0 Å². The highest BCUT2D eigenvalue weighted by molar-refractivity contribution is 5.37. The first kappa shape index (κ1) is 15.7. The summed E-state index contributed by atoms with van der Waals surface area (Å²) in [6, 6.07) is 11.2. The summed E-state index contributed by atoms with van der Waals surface area (Å²) < 4.78 is 0. The van der Waals surface area contributed by atoms with Gasteiger partial charge in [-0.2, -0.15) is 0 Å². The van der Waals surface area contributed by atoms with Crippen LogP contribution in [0.25, 0.3) is 0 Å². The second-order valence-corrected chi connectivity index (χ2v) is 5.84. The van der Waals surface area contributed by atoms with Crippen LogP contribution in [0.1, 0.15) is 47.3 Å². The number of benzene rings is 1. The molecule has 0 aliphatic carbocycles. The fraction of sp³-hybridized carbons (Fsp3) is 0.421. The molecule has 1 unspecified atom stereocenters. The van der Waals surface area contributed by atoms with Crippen molar-refractivity contribution in [2.45, 2.75) is 46.6 Å². The number of hydrogen-bond donors (Lipinski definition) is 1. The Morgan fingerprint density at radius 3 is 2.33 bits per heavy atom. The van der Waals surface area contributed by atoms with Gasteiger partial charge in [0.15, 0.2) is 0 Å². The van der Waals surface area contributed by atoms with Crippen molar-refractivity contribution >= 4 is 0 Å². The Balaban J connectivity index is 2.27. The highest BCUT2D eigenvalue weighted by Crippen LogP contribution is 2.24. The van der Waals surface area contributed by atoms with E-state index < -0.39 is 0 Å². The molecule has 0 fully saturated rings. The number of pyridine rings is 1. The standard InChI is InChI=1S/C19H26N2/c1-5-11-20-18(12-17-10-9-14(2)13-21-17)19-15(3)7-6-8-16(19)4/h6-10,13,18,20H,5,11-12H2,1-4H3. The summed E-state index contributed by atoms with van der Waals surface area (Å²) in [7, 11) is 0. The van der Waals surface area contributed by atoms with E-state index in [-0.39, 0.29) is 0 Å². The third-order valence-electron chi connectivity index (χ3n) is 3.92. The average molecular weight is 282 g/mol. The van der Waals surface area contributed by atoms with Gasteiger partial charge >= 0.3 is 0 Å². The SMILES string of the molecule is CCCNC(Cc1ccc(C)cn1)c1c(C)cccc1C. The Bertz CT molecular complexity index is 552. The maximum atomic E-state index is 4.57. The third kappa shape index (κ3) is 4.15. The molecule has 1 aromatic heterocycles. The third-order valence-corrected chi connectivity index (χ3v) is 3.92. The number of aryl methyl sites for hydroxylation is 3. The molecule has 2 rings (SSSR count). The minimum Gasteiger partial charge on any atom is -0.310 e. The summed E-state index contributed by atoms with van der Waals surface area (Å²) in [5.74, 6) is 0. The minimum atomic E-state index is 0.335. The number of nitrogens with one attached hydrogen (secondary N) is 1. The van der Waals surface area contributed by atoms with Gasteiger partial charge in [0.2, 0.25) is 0 Å². The van der Waals surface area contributed by atoms with Crippen LogP contribution in [0.2, 0.25) is 0 Å². The lowest BCUT2D eigenvalue weighted by Crippen LogP contribution is -2.26. The lowest BCUT2D eigenvalue weighted by Gasteiger charge is -2.23. The van der Waals surface area contributed by atoms with Crippen molar-refractivity contribution in [3.63, 3.8) is 0 Å². The molecule has 2 nitrogen and oxygen atoms in total. The van der Waals surface area contributed by atoms with Gasteiger partial charge < -0.3 is 5.32 Å². The van der Waals surface area contributed by atoms with Crippen LogP contribution >= 0.6 is 0 Å². The van der Waals surface area contributed by atoms with Crippen LogP contribution in [-0.2, 0) is 6.42 Å². The van der Waals surface area contributed by atoms with Crippen LogP contribution in [0.4, 0.5) is 0 Å². The smallest absolute Gasteiger partial charge is 0.0422 e. The second kappa shape index (κ2) is 7.37. The first-order valence-corrected chi connectivity index (χ1v) is 7.82. The molecule has 2 aromatic rings. The summed E-state index contributed by atoms with van der Waals surface area (Å²) in [6.07, 6.45) is 4.03. The highest BCUT2D eigenvalue weighted by atomic mass is 14.9. The molecule has 0 amide bonds. The highest BCUT2D eigenvalue weighted by Gasteiger charge is 2.16. The molecule has 0 saturated heterocycles. The summed E-state index contributed by atoms with van der Waals surface area (Å²) in [5.41, 5.74) is 6.50. The normalized spacial score (nSPS) is 12.4. The lowest BCUT2D eigenvalue weighted by atomic mass is 9.93. The zero-order chi connectivity index (χ0) is 15.2.